The summed E-state index contributed by atoms with van der Waals surface area (Å²) in [4.78, 5) is 0. The predicted molar refractivity (Wildman–Crippen MR) is 59.8 cm³/mol. The van der Waals surface area contributed by atoms with Gasteiger partial charge < -0.3 is 5.32 Å². The minimum Gasteiger partial charge on any atom is -0.311 e. The average molecular weight is 205 g/mol. The van der Waals surface area contributed by atoms with Gasteiger partial charge >= 0.3 is 0 Å². The number of rotatable bonds is 1. The van der Waals surface area contributed by atoms with Gasteiger partial charge in [-0.3, -0.25) is 4.68 Å². The van der Waals surface area contributed by atoms with Crippen molar-refractivity contribution in [2.75, 3.05) is 6.54 Å². The molecule has 2 aliphatic rings. The zero-order valence-corrected chi connectivity index (χ0v) is 9.21. The van der Waals surface area contributed by atoms with E-state index in [1.807, 2.05) is 0 Å². The highest BCUT2D eigenvalue weighted by Gasteiger charge is 2.21. The zero-order valence-electron chi connectivity index (χ0n) is 9.21. The fraction of sp³-hybridized carbons (Fsp3) is 0.750. The molecule has 3 heteroatoms. The van der Waals surface area contributed by atoms with E-state index in [-0.39, 0.29) is 0 Å². The summed E-state index contributed by atoms with van der Waals surface area (Å²) >= 11 is 0. The molecule has 1 fully saturated rings. The highest BCUT2D eigenvalue weighted by Crippen LogP contribution is 2.30. The van der Waals surface area contributed by atoms with Gasteiger partial charge in [-0.2, -0.15) is 5.10 Å². The van der Waals surface area contributed by atoms with Crippen LogP contribution in [0.15, 0.2) is 6.20 Å². The molecule has 2 heterocycles. The molecule has 15 heavy (non-hydrogen) atoms. The lowest BCUT2D eigenvalue weighted by atomic mass is 9.95. The van der Waals surface area contributed by atoms with Crippen molar-refractivity contribution in [2.45, 2.75) is 51.1 Å². The van der Waals surface area contributed by atoms with E-state index in [1.54, 1.807) is 0 Å². The van der Waals surface area contributed by atoms with Crippen LogP contribution in [0.25, 0.3) is 0 Å². The van der Waals surface area contributed by atoms with Crippen LogP contribution < -0.4 is 5.32 Å². The summed E-state index contributed by atoms with van der Waals surface area (Å²) in [6, 6.07) is 0.683. The van der Waals surface area contributed by atoms with Crippen LogP contribution in [0.1, 0.15) is 49.4 Å². The third-order valence-corrected chi connectivity index (χ3v) is 3.77. The Hall–Kier alpha value is -0.830. The minimum absolute atomic E-state index is 0.683. The molecule has 1 aliphatic carbocycles. The SMILES string of the molecule is c1nn(C2CCCCC2)c2c1CCNC2. The molecule has 1 aromatic rings. The quantitative estimate of drug-likeness (QED) is 0.760. The van der Waals surface area contributed by atoms with Crippen molar-refractivity contribution in [1.82, 2.24) is 15.1 Å². The Bertz CT molecular complexity index is 337. The van der Waals surface area contributed by atoms with Crippen molar-refractivity contribution in [3.63, 3.8) is 0 Å². The number of hydrogen-bond donors (Lipinski definition) is 1. The molecule has 0 saturated heterocycles. The predicted octanol–water partition coefficient (Wildman–Crippen LogP) is 2.03. The van der Waals surface area contributed by atoms with E-state index in [1.165, 1.54) is 43.4 Å². The number of aromatic nitrogens is 2. The Labute approximate surface area is 90.9 Å². The standard InChI is InChI=1S/C12H19N3/c1-2-4-11(5-3-1)15-12-9-13-7-6-10(12)8-14-15/h8,11,13H,1-7,9H2. The van der Waals surface area contributed by atoms with Gasteiger partial charge in [-0.1, -0.05) is 19.3 Å². The van der Waals surface area contributed by atoms with Crippen LogP contribution in [0.2, 0.25) is 0 Å². The fourth-order valence-corrected chi connectivity index (χ4v) is 2.90. The Morgan fingerprint density at radius 1 is 1.27 bits per heavy atom. The van der Waals surface area contributed by atoms with Crippen molar-refractivity contribution in [2.24, 2.45) is 0 Å². The van der Waals surface area contributed by atoms with Crippen LogP contribution >= 0.6 is 0 Å². The number of hydrogen-bond acceptors (Lipinski definition) is 2. The molecule has 3 rings (SSSR count). The zero-order chi connectivity index (χ0) is 10.1. The molecule has 3 nitrogen and oxygen atoms in total. The highest BCUT2D eigenvalue weighted by atomic mass is 15.3. The molecular weight excluding hydrogens is 186 g/mol. The summed E-state index contributed by atoms with van der Waals surface area (Å²) in [5.74, 6) is 0. The maximum atomic E-state index is 4.60. The van der Waals surface area contributed by atoms with Crippen LogP contribution in [0.4, 0.5) is 0 Å². The smallest absolute Gasteiger partial charge is 0.0557 e. The second-order valence-electron chi connectivity index (χ2n) is 4.78. The molecular formula is C12H19N3. The molecule has 0 bridgehead atoms. The van der Waals surface area contributed by atoms with E-state index in [2.05, 4.69) is 21.3 Å². The summed E-state index contributed by atoms with van der Waals surface area (Å²) in [6.07, 6.45) is 10.1. The van der Waals surface area contributed by atoms with Crippen molar-refractivity contribution < 1.29 is 0 Å². The van der Waals surface area contributed by atoms with Gasteiger partial charge in [0.2, 0.25) is 0 Å². The number of nitrogens with one attached hydrogen (secondary N) is 1. The molecule has 0 unspecified atom stereocenters. The Balaban J connectivity index is 1.87. The summed E-state index contributed by atoms with van der Waals surface area (Å²) < 4.78 is 2.31. The maximum absolute atomic E-state index is 4.60. The van der Waals surface area contributed by atoms with Crippen LogP contribution in [-0.2, 0) is 13.0 Å². The minimum atomic E-state index is 0.683. The second-order valence-corrected chi connectivity index (χ2v) is 4.78. The first-order valence-electron chi connectivity index (χ1n) is 6.21. The molecule has 1 saturated carbocycles. The van der Waals surface area contributed by atoms with E-state index >= 15 is 0 Å². The molecule has 0 aromatic carbocycles. The van der Waals surface area contributed by atoms with Gasteiger partial charge in [-0.05, 0) is 31.4 Å². The fourth-order valence-electron chi connectivity index (χ4n) is 2.90. The molecule has 0 amide bonds. The van der Waals surface area contributed by atoms with Crippen molar-refractivity contribution >= 4 is 0 Å². The first-order valence-corrected chi connectivity index (χ1v) is 6.21. The average Bonchev–Trinajstić information content (AvgIpc) is 2.74. The Morgan fingerprint density at radius 3 is 3.00 bits per heavy atom. The topological polar surface area (TPSA) is 29.9 Å². The lowest BCUT2D eigenvalue weighted by Gasteiger charge is -2.25. The highest BCUT2D eigenvalue weighted by molar-refractivity contribution is 5.21. The van der Waals surface area contributed by atoms with Gasteiger partial charge in [0, 0.05) is 6.54 Å². The molecule has 0 atom stereocenters. The van der Waals surface area contributed by atoms with E-state index in [0.29, 0.717) is 6.04 Å². The first kappa shape index (κ1) is 9.40. The van der Waals surface area contributed by atoms with Gasteiger partial charge in [0.25, 0.3) is 0 Å². The van der Waals surface area contributed by atoms with E-state index < -0.39 is 0 Å². The van der Waals surface area contributed by atoms with Gasteiger partial charge in [0.05, 0.1) is 17.9 Å². The Morgan fingerprint density at radius 2 is 2.13 bits per heavy atom. The van der Waals surface area contributed by atoms with Crippen LogP contribution in [-0.4, -0.2) is 16.3 Å². The molecule has 1 aliphatic heterocycles. The monoisotopic (exact) mass is 205 g/mol. The van der Waals surface area contributed by atoms with E-state index in [9.17, 15) is 0 Å². The first-order chi connectivity index (χ1) is 7.45. The summed E-state index contributed by atoms with van der Waals surface area (Å²) in [6.45, 7) is 2.13. The lowest BCUT2D eigenvalue weighted by molar-refractivity contribution is 0.318. The summed E-state index contributed by atoms with van der Waals surface area (Å²) in [5.41, 5.74) is 2.92. The normalized spacial score (nSPS) is 22.7. The van der Waals surface area contributed by atoms with Crippen LogP contribution in [0.3, 0.4) is 0 Å². The van der Waals surface area contributed by atoms with E-state index in [0.717, 1.165) is 19.5 Å². The third-order valence-electron chi connectivity index (χ3n) is 3.77. The molecule has 1 aromatic heterocycles. The van der Waals surface area contributed by atoms with Gasteiger partial charge in [0.15, 0.2) is 0 Å². The Kier molecular flexibility index (Phi) is 2.49. The van der Waals surface area contributed by atoms with Crippen LogP contribution in [0, 0.1) is 0 Å². The van der Waals surface area contributed by atoms with Crippen molar-refractivity contribution in [3.8, 4) is 0 Å². The van der Waals surface area contributed by atoms with Gasteiger partial charge in [0.1, 0.15) is 0 Å². The number of fused-ring (bicyclic) bond motifs is 1. The molecule has 1 N–H and O–H groups in total. The van der Waals surface area contributed by atoms with Crippen LogP contribution in [0.5, 0.6) is 0 Å². The van der Waals surface area contributed by atoms with Crippen molar-refractivity contribution in [1.29, 1.82) is 0 Å². The summed E-state index contributed by atoms with van der Waals surface area (Å²) in [5, 5.41) is 8.04. The maximum Gasteiger partial charge on any atom is 0.0557 e. The molecule has 82 valence electrons. The second kappa shape index (κ2) is 3.97. The van der Waals surface area contributed by atoms with E-state index in [4.69, 9.17) is 0 Å². The molecule has 0 spiro atoms. The lowest BCUT2D eigenvalue weighted by Crippen LogP contribution is -2.27. The van der Waals surface area contributed by atoms with Gasteiger partial charge in [-0.15, -0.1) is 0 Å². The largest absolute Gasteiger partial charge is 0.311 e. The van der Waals surface area contributed by atoms with Gasteiger partial charge in [-0.25, -0.2) is 0 Å². The van der Waals surface area contributed by atoms with Crippen molar-refractivity contribution in [3.05, 3.63) is 17.5 Å². The number of nitrogens with zero attached hydrogens (tertiary/aromatic N) is 2. The third kappa shape index (κ3) is 1.69. The molecule has 0 radical (unpaired) electrons. The summed E-state index contributed by atoms with van der Waals surface area (Å²) in [7, 11) is 0.